The number of halogens is 1. The molecule has 5 heterocycles. The lowest BCUT2D eigenvalue weighted by atomic mass is 10.0. The molecular formula is C29H36FN7O4. The van der Waals surface area contributed by atoms with Gasteiger partial charge in [-0.1, -0.05) is 0 Å². The van der Waals surface area contributed by atoms with Crippen LogP contribution in [0.5, 0.6) is 5.88 Å². The van der Waals surface area contributed by atoms with Gasteiger partial charge in [0.25, 0.3) is 0 Å². The molecule has 2 amide bonds. The highest BCUT2D eigenvalue weighted by Crippen LogP contribution is 2.40. The molecule has 3 aliphatic rings. The minimum absolute atomic E-state index is 0.0215. The highest BCUT2D eigenvalue weighted by atomic mass is 19.1. The molecule has 218 valence electrons. The van der Waals surface area contributed by atoms with Gasteiger partial charge in [0.05, 0.1) is 17.5 Å². The van der Waals surface area contributed by atoms with Crippen LogP contribution in [0.4, 0.5) is 15.0 Å². The van der Waals surface area contributed by atoms with Gasteiger partial charge < -0.3 is 29.2 Å². The largest absolute Gasteiger partial charge is 0.473 e. The second-order valence-corrected chi connectivity index (χ2v) is 12.1. The number of hydrogen-bond acceptors (Lipinski definition) is 8. The second-order valence-electron chi connectivity index (χ2n) is 12.1. The second kappa shape index (κ2) is 10.5. The number of carbonyl (C=O) groups excluding carboxylic acids is 2. The molecule has 0 unspecified atom stereocenters. The normalized spacial score (nSPS) is 20.3. The van der Waals surface area contributed by atoms with Gasteiger partial charge in [0, 0.05) is 62.9 Å². The number of carbonyl (C=O) groups is 2. The van der Waals surface area contributed by atoms with Gasteiger partial charge in [-0.3, -0.25) is 4.79 Å². The van der Waals surface area contributed by atoms with Gasteiger partial charge >= 0.3 is 6.09 Å². The summed E-state index contributed by atoms with van der Waals surface area (Å²) in [5.41, 5.74) is 1.98. The third kappa shape index (κ3) is 5.77. The van der Waals surface area contributed by atoms with Crippen molar-refractivity contribution in [2.45, 2.75) is 64.7 Å². The Labute approximate surface area is 238 Å². The quantitative estimate of drug-likeness (QED) is 0.478. The van der Waals surface area contributed by atoms with E-state index in [2.05, 4.69) is 19.9 Å². The lowest BCUT2D eigenvalue weighted by Crippen LogP contribution is -2.50. The zero-order valence-electron chi connectivity index (χ0n) is 23.9. The van der Waals surface area contributed by atoms with E-state index < -0.39 is 11.4 Å². The first-order valence-electron chi connectivity index (χ1n) is 14.3. The zero-order chi connectivity index (χ0) is 28.9. The maximum Gasteiger partial charge on any atom is 0.410 e. The Morgan fingerprint density at radius 1 is 1.15 bits per heavy atom. The molecule has 0 radical (unpaired) electrons. The zero-order valence-corrected chi connectivity index (χ0v) is 23.9. The third-order valence-electron chi connectivity index (χ3n) is 7.78. The van der Waals surface area contributed by atoms with Crippen molar-refractivity contribution in [2.24, 2.45) is 5.92 Å². The number of rotatable bonds is 6. The Bertz CT molecular complexity index is 1470. The summed E-state index contributed by atoms with van der Waals surface area (Å²) in [6.07, 6.45) is 5.36. The summed E-state index contributed by atoms with van der Waals surface area (Å²) in [7, 11) is 0. The first kappa shape index (κ1) is 27.2. The molecule has 3 aromatic rings. The van der Waals surface area contributed by atoms with Crippen LogP contribution in [-0.2, 0) is 9.53 Å². The molecule has 0 bridgehead atoms. The van der Waals surface area contributed by atoms with Gasteiger partial charge in [-0.25, -0.2) is 24.1 Å². The Kier molecular flexibility index (Phi) is 6.95. The van der Waals surface area contributed by atoms with Gasteiger partial charge in [0.2, 0.25) is 11.8 Å². The smallest absolute Gasteiger partial charge is 0.410 e. The van der Waals surface area contributed by atoms with Crippen LogP contribution in [-0.4, -0.2) is 80.8 Å². The lowest BCUT2D eigenvalue weighted by molar-refractivity contribution is -0.119. The average Bonchev–Trinajstić information content (AvgIpc) is 3.52. The number of aromatic nitrogens is 4. The van der Waals surface area contributed by atoms with Crippen molar-refractivity contribution in [3.05, 3.63) is 30.5 Å². The number of fused-ring (bicyclic) bond motifs is 1. The van der Waals surface area contributed by atoms with E-state index in [1.54, 1.807) is 11.1 Å². The minimum Gasteiger partial charge on any atom is -0.473 e. The Balaban J connectivity index is 1.23. The molecule has 11 nitrogen and oxygen atoms in total. The standard InChI is InChI=1S/C29H36FN7O4/c1-17(18-12-24(38)31-14-18)40-27-25-23(33-16-37(25)20-5-6-20)13-22(34-27)19-11-21(30)26(32-15-19)35-7-9-36(10-8-35)28(39)41-29(2,3)4/h11,13,15-18,20H,5-10,12,14H2,1-4H3,(H,31,38)/t17-,18-/m1/s1. The van der Waals surface area contributed by atoms with Crippen molar-refractivity contribution >= 4 is 28.9 Å². The number of amides is 2. The number of pyridine rings is 2. The lowest BCUT2D eigenvalue weighted by Gasteiger charge is -2.36. The molecule has 1 saturated carbocycles. The first-order chi connectivity index (χ1) is 19.6. The molecule has 2 saturated heterocycles. The maximum absolute atomic E-state index is 15.5. The van der Waals surface area contributed by atoms with E-state index in [1.807, 2.05) is 45.0 Å². The number of piperazine rings is 1. The molecule has 1 N–H and O–H groups in total. The molecule has 3 aromatic heterocycles. The van der Waals surface area contributed by atoms with Crippen LogP contribution in [0.2, 0.25) is 0 Å². The van der Waals surface area contributed by atoms with Crippen molar-refractivity contribution in [2.75, 3.05) is 37.6 Å². The first-order valence-corrected chi connectivity index (χ1v) is 14.3. The van der Waals surface area contributed by atoms with Gasteiger partial charge in [0.1, 0.15) is 17.2 Å². The number of anilines is 1. The van der Waals surface area contributed by atoms with E-state index in [0.717, 1.165) is 18.4 Å². The fourth-order valence-corrected chi connectivity index (χ4v) is 5.35. The Hall–Kier alpha value is -3.96. The molecule has 2 atom stereocenters. The summed E-state index contributed by atoms with van der Waals surface area (Å²) in [6, 6.07) is 3.64. The molecule has 1 aliphatic carbocycles. The molecule has 0 spiro atoms. The molecular weight excluding hydrogens is 529 g/mol. The van der Waals surface area contributed by atoms with Gasteiger partial charge in [-0.15, -0.1) is 0 Å². The van der Waals surface area contributed by atoms with E-state index in [0.29, 0.717) is 67.8 Å². The molecule has 41 heavy (non-hydrogen) atoms. The van der Waals surface area contributed by atoms with Crippen LogP contribution in [0.1, 0.15) is 53.0 Å². The molecule has 2 aliphatic heterocycles. The third-order valence-corrected chi connectivity index (χ3v) is 7.78. The van der Waals surface area contributed by atoms with Crippen LogP contribution >= 0.6 is 0 Å². The molecule has 3 fully saturated rings. The summed E-state index contributed by atoms with van der Waals surface area (Å²) >= 11 is 0. The summed E-state index contributed by atoms with van der Waals surface area (Å²) in [5, 5.41) is 2.86. The summed E-state index contributed by atoms with van der Waals surface area (Å²) in [6.45, 7) is 9.73. The fourth-order valence-electron chi connectivity index (χ4n) is 5.35. The fraction of sp³-hybridized carbons (Fsp3) is 0.552. The maximum atomic E-state index is 15.5. The minimum atomic E-state index is -0.569. The van der Waals surface area contributed by atoms with Crippen molar-refractivity contribution in [1.82, 2.24) is 29.7 Å². The van der Waals surface area contributed by atoms with E-state index in [-0.39, 0.29) is 29.8 Å². The monoisotopic (exact) mass is 565 g/mol. The van der Waals surface area contributed by atoms with Crippen LogP contribution in [0.15, 0.2) is 24.7 Å². The van der Waals surface area contributed by atoms with Crippen LogP contribution in [0.25, 0.3) is 22.3 Å². The van der Waals surface area contributed by atoms with E-state index >= 15 is 4.39 Å². The SMILES string of the molecule is C[C@@H](Oc1nc(-c2cnc(N3CCN(C(=O)OC(C)(C)C)CC3)c(F)c2)cc2ncn(C3CC3)c12)[C@H]1CNC(=O)C1. The molecule has 0 aromatic carbocycles. The van der Waals surface area contributed by atoms with Crippen molar-refractivity contribution < 1.29 is 23.5 Å². The average molecular weight is 566 g/mol. The van der Waals surface area contributed by atoms with Crippen molar-refractivity contribution in [3.8, 4) is 17.1 Å². The molecule has 6 rings (SSSR count). The number of ether oxygens (including phenoxy) is 2. The van der Waals surface area contributed by atoms with E-state index in [9.17, 15) is 9.59 Å². The number of hydrogen-bond donors (Lipinski definition) is 1. The van der Waals surface area contributed by atoms with Crippen LogP contribution < -0.4 is 15.0 Å². The van der Waals surface area contributed by atoms with E-state index in [1.165, 1.54) is 6.07 Å². The topological polar surface area (TPSA) is 115 Å². The predicted molar refractivity (Wildman–Crippen MR) is 150 cm³/mol. The Morgan fingerprint density at radius 3 is 2.54 bits per heavy atom. The Morgan fingerprint density at radius 2 is 1.90 bits per heavy atom. The predicted octanol–water partition coefficient (Wildman–Crippen LogP) is 3.93. The van der Waals surface area contributed by atoms with Gasteiger partial charge in [-0.05, 0) is 52.7 Å². The van der Waals surface area contributed by atoms with Crippen molar-refractivity contribution in [1.29, 1.82) is 0 Å². The van der Waals surface area contributed by atoms with Crippen LogP contribution in [0.3, 0.4) is 0 Å². The molecule has 12 heteroatoms. The number of nitrogens with zero attached hydrogens (tertiary/aromatic N) is 6. The van der Waals surface area contributed by atoms with Crippen LogP contribution in [0, 0.1) is 11.7 Å². The summed E-state index contributed by atoms with van der Waals surface area (Å²) in [4.78, 5) is 41.5. The van der Waals surface area contributed by atoms with Gasteiger partial charge in [-0.2, -0.15) is 0 Å². The summed E-state index contributed by atoms with van der Waals surface area (Å²) < 4.78 is 29.4. The van der Waals surface area contributed by atoms with E-state index in [4.69, 9.17) is 14.5 Å². The van der Waals surface area contributed by atoms with Gasteiger partial charge in [0.15, 0.2) is 11.6 Å². The highest BCUT2D eigenvalue weighted by molar-refractivity contribution is 5.85. The highest BCUT2D eigenvalue weighted by Gasteiger charge is 2.32. The number of nitrogens with one attached hydrogen (secondary N) is 1. The summed E-state index contributed by atoms with van der Waals surface area (Å²) in [5.74, 6) is 0.254. The number of imidazole rings is 1. The van der Waals surface area contributed by atoms with Crippen molar-refractivity contribution in [3.63, 3.8) is 0 Å².